The van der Waals surface area contributed by atoms with Crippen LogP contribution in [-0.2, 0) is 9.59 Å². The predicted molar refractivity (Wildman–Crippen MR) is 66.0 cm³/mol. The quantitative estimate of drug-likeness (QED) is 0.623. The molecule has 0 heterocycles. The van der Waals surface area contributed by atoms with Crippen molar-refractivity contribution in [2.45, 2.75) is 6.92 Å². The summed E-state index contributed by atoms with van der Waals surface area (Å²) in [5.74, 6) is -1.09. The van der Waals surface area contributed by atoms with Gasteiger partial charge in [-0.3, -0.25) is 4.79 Å². The Morgan fingerprint density at radius 1 is 1.56 bits per heavy atom. The number of nitrogens with one attached hydrogen (secondary N) is 1. The van der Waals surface area contributed by atoms with Gasteiger partial charge >= 0.3 is 5.97 Å². The van der Waals surface area contributed by atoms with E-state index in [4.69, 9.17) is 21.4 Å². The number of ether oxygens (including phenoxy) is 1. The molecule has 7 heteroatoms. The van der Waals surface area contributed by atoms with Crippen LogP contribution in [0, 0.1) is 0 Å². The third-order valence-corrected chi connectivity index (χ3v) is 2.04. The van der Waals surface area contributed by atoms with Crippen LogP contribution >= 0.6 is 11.6 Å². The third kappa shape index (κ3) is 4.84. The lowest BCUT2D eigenvalue weighted by Gasteiger charge is -2.05. The molecule has 1 aromatic rings. The number of hydrogen-bond acceptors (Lipinski definition) is 4. The molecule has 0 aliphatic rings. The molecule has 6 nitrogen and oxygen atoms in total. The fraction of sp³-hybridized carbons (Fsp3) is 0.182. The van der Waals surface area contributed by atoms with E-state index in [0.717, 1.165) is 0 Å². The standard InChI is InChI=1S/C11H11ClN2O4/c1-7(15)14-13-5-8-2-3-10(9(12)4-8)18-6-11(16)17/h2-5H,6H2,1H3,(H,14,15)(H,16,17)/b13-5-. The van der Waals surface area contributed by atoms with Gasteiger partial charge in [-0.05, 0) is 23.8 Å². The van der Waals surface area contributed by atoms with Gasteiger partial charge in [0.15, 0.2) is 6.61 Å². The molecule has 0 saturated carbocycles. The largest absolute Gasteiger partial charge is 0.480 e. The Balaban J connectivity index is 2.69. The highest BCUT2D eigenvalue weighted by Gasteiger charge is 2.04. The van der Waals surface area contributed by atoms with E-state index < -0.39 is 12.6 Å². The number of hydrogen-bond donors (Lipinski definition) is 2. The van der Waals surface area contributed by atoms with E-state index in [1.807, 2.05) is 0 Å². The summed E-state index contributed by atoms with van der Waals surface area (Å²) in [7, 11) is 0. The van der Waals surface area contributed by atoms with Crippen molar-refractivity contribution in [1.29, 1.82) is 0 Å². The topological polar surface area (TPSA) is 88.0 Å². The molecule has 0 aliphatic heterocycles. The fourth-order valence-electron chi connectivity index (χ4n) is 1.05. The molecule has 18 heavy (non-hydrogen) atoms. The summed E-state index contributed by atoms with van der Waals surface area (Å²) in [6.07, 6.45) is 1.41. The number of rotatable bonds is 5. The van der Waals surface area contributed by atoms with E-state index in [1.165, 1.54) is 19.2 Å². The molecule has 0 unspecified atom stereocenters. The van der Waals surface area contributed by atoms with Gasteiger partial charge < -0.3 is 9.84 Å². The smallest absolute Gasteiger partial charge is 0.341 e. The van der Waals surface area contributed by atoms with E-state index in [1.54, 1.807) is 12.1 Å². The number of halogens is 1. The molecule has 0 aliphatic carbocycles. The number of aliphatic carboxylic acids is 1. The number of carboxylic acid groups (broad SMARTS) is 1. The Kier molecular flexibility index (Phi) is 5.13. The van der Waals surface area contributed by atoms with E-state index in [-0.39, 0.29) is 16.7 Å². The summed E-state index contributed by atoms with van der Waals surface area (Å²) in [5.41, 5.74) is 2.90. The molecule has 0 aromatic heterocycles. The highest BCUT2D eigenvalue weighted by Crippen LogP contribution is 2.24. The van der Waals surface area contributed by atoms with Gasteiger partial charge in [0.05, 0.1) is 11.2 Å². The molecule has 2 N–H and O–H groups in total. The number of hydrazone groups is 1. The van der Waals surface area contributed by atoms with Crippen molar-refractivity contribution in [2.24, 2.45) is 5.10 Å². The second kappa shape index (κ2) is 6.61. The minimum Gasteiger partial charge on any atom is -0.480 e. The lowest BCUT2D eigenvalue weighted by Crippen LogP contribution is -2.12. The van der Waals surface area contributed by atoms with E-state index in [9.17, 15) is 9.59 Å². The van der Waals surface area contributed by atoms with Crippen molar-refractivity contribution in [3.63, 3.8) is 0 Å². The molecule has 0 atom stereocenters. The van der Waals surface area contributed by atoms with Gasteiger partial charge in [-0.25, -0.2) is 10.2 Å². The Hall–Kier alpha value is -2.08. The number of nitrogens with zero attached hydrogens (tertiary/aromatic N) is 1. The zero-order valence-corrected chi connectivity index (χ0v) is 10.3. The van der Waals surface area contributed by atoms with Gasteiger partial charge in [0.25, 0.3) is 0 Å². The molecule has 0 saturated heterocycles. The summed E-state index contributed by atoms with van der Waals surface area (Å²) in [5, 5.41) is 12.4. The average Bonchev–Trinajstić information content (AvgIpc) is 2.27. The summed E-state index contributed by atoms with van der Waals surface area (Å²) >= 11 is 5.89. The minimum atomic E-state index is -1.08. The van der Waals surface area contributed by atoms with Gasteiger partial charge in [-0.1, -0.05) is 11.6 Å². The zero-order valence-electron chi connectivity index (χ0n) is 9.51. The number of benzene rings is 1. The number of carboxylic acids is 1. The first-order valence-electron chi connectivity index (χ1n) is 4.93. The van der Waals surface area contributed by atoms with Crippen LogP contribution < -0.4 is 10.2 Å². The van der Waals surface area contributed by atoms with Crippen LogP contribution in [0.2, 0.25) is 5.02 Å². The van der Waals surface area contributed by atoms with Gasteiger partial charge in [0, 0.05) is 6.92 Å². The Morgan fingerprint density at radius 3 is 2.83 bits per heavy atom. The first-order chi connectivity index (χ1) is 8.49. The van der Waals surface area contributed by atoms with Crippen molar-refractivity contribution < 1.29 is 19.4 Å². The maximum atomic E-state index is 10.6. The molecule has 0 fully saturated rings. The first-order valence-corrected chi connectivity index (χ1v) is 5.30. The normalized spacial score (nSPS) is 10.3. The molecule has 96 valence electrons. The Morgan fingerprint density at radius 2 is 2.28 bits per heavy atom. The maximum Gasteiger partial charge on any atom is 0.341 e. The van der Waals surface area contributed by atoms with Crippen LogP contribution in [0.3, 0.4) is 0 Å². The second-order valence-corrected chi connectivity index (χ2v) is 3.71. The van der Waals surface area contributed by atoms with Crippen molar-refractivity contribution in [3.8, 4) is 5.75 Å². The van der Waals surface area contributed by atoms with Crippen LogP contribution in [0.25, 0.3) is 0 Å². The van der Waals surface area contributed by atoms with Gasteiger partial charge in [-0.2, -0.15) is 5.10 Å². The summed E-state index contributed by atoms with van der Waals surface area (Å²) in [4.78, 5) is 20.9. The first kappa shape index (κ1) is 14.0. The lowest BCUT2D eigenvalue weighted by molar-refractivity contribution is -0.139. The minimum absolute atomic E-state index is 0.267. The highest BCUT2D eigenvalue weighted by molar-refractivity contribution is 6.32. The number of amides is 1. The average molecular weight is 271 g/mol. The summed E-state index contributed by atoms with van der Waals surface area (Å²) < 4.78 is 4.95. The number of carbonyl (C=O) groups is 2. The second-order valence-electron chi connectivity index (χ2n) is 3.30. The van der Waals surface area contributed by atoms with Crippen LogP contribution in [0.15, 0.2) is 23.3 Å². The Labute approximate surface area is 108 Å². The monoisotopic (exact) mass is 270 g/mol. The van der Waals surface area contributed by atoms with Crippen molar-refractivity contribution in [3.05, 3.63) is 28.8 Å². The van der Waals surface area contributed by atoms with E-state index in [0.29, 0.717) is 5.56 Å². The molecule has 1 aromatic carbocycles. The predicted octanol–water partition coefficient (Wildman–Crippen LogP) is 1.27. The summed E-state index contributed by atoms with van der Waals surface area (Å²) in [6, 6.07) is 4.71. The molecule has 0 spiro atoms. The van der Waals surface area contributed by atoms with E-state index >= 15 is 0 Å². The van der Waals surface area contributed by atoms with Crippen LogP contribution in [0.5, 0.6) is 5.75 Å². The summed E-state index contributed by atoms with van der Waals surface area (Å²) in [6.45, 7) is 0.881. The molecular weight excluding hydrogens is 260 g/mol. The maximum absolute atomic E-state index is 10.6. The third-order valence-electron chi connectivity index (χ3n) is 1.74. The van der Waals surface area contributed by atoms with Crippen LogP contribution in [0.1, 0.15) is 12.5 Å². The molecule has 0 bridgehead atoms. The van der Waals surface area contributed by atoms with Crippen molar-refractivity contribution in [1.82, 2.24) is 5.43 Å². The van der Waals surface area contributed by atoms with Gasteiger partial charge in [0.1, 0.15) is 5.75 Å². The molecule has 1 amide bonds. The van der Waals surface area contributed by atoms with Crippen molar-refractivity contribution >= 4 is 29.7 Å². The Bertz CT molecular complexity index is 488. The molecular formula is C11H11ClN2O4. The van der Waals surface area contributed by atoms with Crippen LogP contribution in [-0.4, -0.2) is 29.8 Å². The fourth-order valence-corrected chi connectivity index (χ4v) is 1.30. The van der Waals surface area contributed by atoms with Crippen molar-refractivity contribution in [2.75, 3.05) is 6.61 Å². The molecule has 1 rings (SSSR count). The number of carbonyl (C=O) groups excluding carboxylic acids is 1. The highest BCUT2D eigenvalue weighted by atomic mass is 35.5. The van der Waals surface area contributed by atoms with E-state index in [2.05, 4.69) is 10.5 Å². The van der Waals surface area contributed by atoms with Gasteiger partial charge in [-0.15, -0.1) is 0 Å². The van der Waals surface area contributed by atoms with Crippen LogP contribution in [0.4, 0.5) is 0 Å². The zero-order chi connectivity index (χ0) is 13.5. The van der Waals surface area contributed by atoms with Gasteiger partial charge in [0.2, 0.25) is 5.91 Å². The molecule has 0 radical (unpaired) electrons. The lowest BCUT2D eigenvalue weighted by atomic mass is 10.2. The SMILES string of the molecule is CC(=O)N/N=C\c1ccc(OCC(=O)O)c(Cl)c1.